The Morgan fingerprint density at radius 3 is 2.24 bits per heavy atom. The van der Waals surface area contributed by atoms with Gasteiger partial charge in [0, 0.05) is 6.04 Å². The second-order valence-electron chi connectivity index (χ2n) is 6.32. The molecule has 0 saturated heterocycles. The van der Waals surface area contributed by atoms with Crippen LogP contribution in [0.2, 0.25) is 0 Å². The lowest BCUT2D eigenvalue weighted by atomic mass is 9.76. The Morgan fingerprint density at radius 2 is 1.82 bits per heavy atom. The van der Waals surface area contributed by atoms with Gasteiger partial charge in [-0.05, 0) is 48.6 Å². The molecular weight excluding hydrogens is 206 g/mol. The molecule has 2 rings (SSSR count). The molecule has 0 aliphatic heterocycles. The summed E-state index contributed by atoms with van der Waals surface area (Å²) in [7, 11) is 0. The van der Waals surface area contributed by atoms with E-state index in [1.165, 1.54) is 30.4 Å². The summed E-state index contributed by atoms with van der Waals surface area (Å²) in [5.41, 5.74) is 9.05. The van der Waals surface area contributed by atoms with Crippen LogP contribution in [0.4, 0.5) is 0 Å². The fraction of sp³-hybridized carbons (Fsp3) is 0.625. The quantitative estimate of drug-likeness (QED) is 0.833. The van der Waals surface area contributed by atoms with Gasteiger partial charge < -0.3 is 5.73 Å². The van der Waals surface area contributed by atoms with Gasteiger partial charge in [0.1, 0.15) is 0 Å². The summed E-state index contributed by atoms with van der Waals surface area (Å²) in [4.78, 5) is 0. The summed E-state index contributed by atoms with van der Waals surface area (Å²) in [6.45, 7) is 6.66. The molecule has 1 saturated carbocycles. The molecule has 1 atom stereocenters. The first-order valence-electron chi connectivity index (χ1n) is 6.85. The lowest BCUT2D eigenvalue weighted by molar-refractivity contribution is 0.417. The molecule has 1 aliphatic carbocycles. The highest BCUT2D eigenvalue weighted by molar-refractivity contribution is 5.30. The van der Waals surface area contributed by atoms with E-state index < -0.39 is 0 Å². The van der Waals surface area contributed by atoms with Gasteiger partial charge in [0.15, 0.2) is 0 Å². The standard InChI is InChI=1S/C16H25N/c1-12(17)11-16(2,3)15-9-7-14(8-10-15)13-5-4-6-13/h7-10,12-13H,4-6,11,17H2,1-3H3. The molecule has 1 nitrogen and oxygen atoms in total. The van der Waals surface area contributed by atoms with Crippen molar-refractivity contribution in [3.63, 3.8) is 0 Å². The van der Waals surface area contributed by atoms with Gasteiger partial charge in [-0.1, -0.05) is 44.5 Å². The van der Waals surface area contributed by atoms with Crippen LogP contribution in [0.15, 0.2) is 24.3 Å². The van der Waals surface area contributed by atoms with E-state index in [0.29, 0.717) is 0 Å². The average molecular weight is 231 g/mol. The molecule has 0 heterocycles. The van der Waals surface area contributed by atoms with E-state index in [4.69, 9.17) is 5.73 Å². The maximum absolute atomic E-state index is 5.92. The minimum Gasteiger partial charge on any atom is -0.328 e. The molecule has 2 N–H and O–H groups in total. The van der Waals surface area contributed by atoms with Crippen molar-refractivity contribution < 1.29 is 0 Å². The molecule has 1 unspecified atom stereocenters. The van der Waals surface area contributed by atoms with E-state index in [9.17, 15) is 0 Å². The maximum Gasteiger partial charge on any atom is 0.00187 e. The summed E-state index contributed by atoms with van der Waals surface area (Å²) in [6, 6.07) is 9.51. The van der Waals surface area contributed by atoms with Gasteiger partial charge in [0.05, 0.1) is 0 Å². The first kappa shape index (κ1) is 12.6. The lowest BCUT2D eigenvalue weighted by Crippen LogP contribution is -2.28. The molecule has 1 aliphatic rings. The van der Waals surface area contributed by atoms with Gasteiger partial charge in [-0.2, -0.15) is 0 Å². The fourth-order valence-electron chi connectivity index (χ4n) is 2.87. The van der Waals surface area contributed by atoms with Crippen LogP contribution in [0, 0.1) is 0 Å². The summed E-state index contributed by atoms with van der Waals surface area (Å²) < 4.78 is 0. The van der Waals surface area contributed by atoms with Crippen LogP contribution < -0.4 is 5.73 Å². The van der Waals surface area contributed by atoms with Crippen LogP contribution in [0.25, 0.3) is 0 Å². The van der Waals surface area contributed by atoms with E-state index in [0.717, 1.165) is 12.3 Å². The van der Waals surface area contributed by atoms with Crippen LogP contribution in [0.1, 0.15) is 63.5 Å². The molecular formula is C16H25N. The highest BCUT2D eigenvalue weighted by atomic mass is 14.6. The van der Waals surface area contributed by atoms with Gasteiger partial charge in [0.25, 0.3) is 0 Å². The number of hydrogen-bond donors (Lipinski definition) is 1. The summed E-state index contributed by atoms with van der Waals surface area (Å²) in [6.07, 6.45) is 5.20. The molecule has 0 amide bonds. The van der Waals surface area contributed by atoms with Gasteiger partial charge in [0.2, 0.25) is 0 Å². The lowest BCUT2D eigenvalue weighted by Gasteiger charge is -2.29. The zero-order valence-electron chi connectivity index (χ0n) is 11.4. The minimum absolute atomic E-state index is 0.187. The third kappa shape index (κ3) is 2.90. The molecule has 1 fully saturated rings. The molecule has 1 heteroatoms. The molecule has 1 aromatic carbocycles. The van der Waals surface area contributed by atoms with Gasteiger partial charge in [-0.15, -0.1) is 0 Å². The number of benzene rings is 1. The van der Waals surface area contributed by atoms with Crippen molar-refractivity contribution in [2.24, 2.45) is 5.73 Å². The van der Waals surface area contributed by atoms with Crippen LogP contribution in [0.5, 0.6) is 0 Å². The first-order valence-corrected chi connectivity index (χ1v) is 6.85. The normalized spacial score (nSPS) is 18.8. The van der Waals surface area contributed by atoms with E-state index in [-0.39, 0.29) is 11.5 Å². The largest absolute Gasteiger partial charge is 0.328 e. The van der Waals surface area contributed by atoms with E-state index in [1.807, 2.05) is 0 Å². The van der Waals surface area contributed by atoms with E-state index in [1.54, 1.807) is 0 Å². The van der Waals surface area contributed by atoms with Crippen molar-refractivity contribution in [3.8, 4) is 0 Å². The van der Waals surface area contributed by atoms with Crippen molar-refractivity contribution in [1.82, 2.24) is 0 Å². The summed E-state index contributed by atoms with van der Waals surface area (Å²) in [5.74, 6) is 0.834. The van der Waals surface area contributed by atoms with Crippen molar-refractivity contribution in [1.29, 1.82) is 0 Å². The topological polar surface area (TPSA) is 26.0 Å². The Kier molecular flexibility index (Phi) is 3.58. The smallest absolute Gasteiger partial charge is 0.00187 e. The predicted octanol–water partition coefficient (Wildman–Crippen LogP) is 3.97. The number of nitrogens with two attached hydrogens (primary N) is 1. The average Bonchev–Trinajstić information content (AvgIpc) is 2.13. The van der Waals surface area contributed by atoms with Crippen LogP contribution in [-0.4, -0.2) is 6.04 Å². The molecule has 0 radical (unpaired) electrons. The third-order valence-corrected chi connectivity index (χ3v) is 4.10. The predicted molar refractivity (Wildman–Crippen MR) is 74.3 cm³/mol. The van der Waals surface area contributed by atoms with Crippen molar-refractivity contribution >= 4 is 0 Å². The SMILES string of the molecule is CC(N)CC(C)(C)c1ccc(C2CCC2)cc1. The van der Waals surface area contributed by atoms with Gasteiger partial charge >= 0.3 is 0 Å². The minimum atomic E-state index is 0.187. The number of hydrogen-bond acceptors (Lipinski definition) is 1. The Labute approximate surface area is 105 Å². The monoisotopic (exact) mass is 231 g/mol. The van der Waals surface area contributed by atoms with Gasteiger partial charge in [-0.25, -0.2) is 0 Å². The maximum atomic E-state index is 5.92. The van der Waals surface area contributed by atoms with Crippen molar-refractivity contribution in [2.45, 2.75) is 63.8 Å². The Hall–Kier alpha value is -0.820. The fourth-order valence-corrected chi connectivity index (χ4v) is 2.87. The first-order chi connectivity index (χ1) is 7.99. The second-order valence-corrected chi connectivity index (χ2v) is 6.32. The molecule has 0 aromatic heterocycles. The molecule has 94 valence electrons. The van der Waals surface area contributed by atoms with E-state index in [2.05, 4.69) is 45.0 Å². The molecule has 0 bridgehead atoms. The highest BCUT2D eigenvalue weighted by Crippen LogP contribution is 2.37. The van der Waals surface area contributed by atoms with Crippen LogP contribution >= 0.6 is 0 Å². The molecule has 1 aromatic rings. The second kappa shape index (κ2) is 4.81. The Bertz CT molecular complexity index is 358. The zero-order valence-corrected chi connectivity index (χ0v) is 11.4. The number of rotatable bonds is 4. The van der Waals surface area contributed by atoms with Crippen LogP contribution in [-0.2, 0) is 5.41 Å². The van der Waals surface area contributed by atoms with Crippen LogP contribution in [0.3, 0.4) is 0 Å². The molecule has 0 spiro atoms. The zero-order chi connectivity index (χ0) is 12.5. The Morgan fingerprint density at radius 1 is 1.24 bits per heavy atom. The van der Waals surface area contributed by atoms with E-state index >= 15 is 0 Å². The van der Waals surface area contributed by atoms with Gasteiger partial charge in [-0.3, -0.25) is 0 Å². The Balaban J connectivity index is 2.10. The summed E-state index contributed by atoms with van der Waals surface area (Å²) >= 11 is 0. The third-order valence-electron chi connectivity index (χ3n) is 4.10. The molecule has 17 heavy (non-hydrogen) atoms. The highest BCUT2D eigenvalue weighted by Gasteiger charge is 2.23. The summed E-state index contributed by atoms with van der Waals surface area (Å²) in [5, 5.41) is 0. The van der Waals surface area contributed by atoms with Crippen molar-refractivity contribution in [3.05, 3.63) is 35.4 Å². The van der Waals surface area contributed by atoms with Crippen molar-refractivity contribution in [2.75, 3.05) is 0 Å².